The van der Waals surface area contributed by atoms with Gasteiger partial charge in [0.25, 0.3) is 11.1 Å². The highest BCUT2D eigenvalue weighted by Gasteiger charge is 2.13. The highest BCUT2D eigenvalue weighted by Crippen LogP contribution is 2.24. The number of rotatable bonds is 6. The summed E-state index contributed by atoms with van der Waals surface area (Å²) in [6.07, 6.45) is 1.53. The molecular formula is C20H15N3O3S. The maximum Gasteiger partial charge on any atom is 0.284 e. The SMILES string of the molecule is O=C(CSc1nnc(-c2ccco2)o1)Nc1ccc(-c2ccccc2)cc1. The molecule has 6 nitrogen and oxygen atoms in total. The Hall–Kier alpha value is -3.32. The van der Waals surface area contributed by atoms with Gasteiger partial charge in [-0.2, -0.15) is 0 Å². The van der Waals surface area contributed by atoms with Crippen molar-refractivity contribution >= 4 is 23.4 Å². The number of hydrogen-bond acceptors (Lipinski definition) is 6. The Morgan fingerprint density at radius 3 is 2.44 bits per heavy atom. The molecule has 4 aromatic rings. The van der Waals surface area contributed by atoms with Crippen molar-refractivity contribution in [1.82, 2.24) is 10.2 Å². The monoisotopic (exact) mass is 377 g/mol. The molecule has 0 aliphatic carbocycles. The van der Waals surface area contributed by atoms with Crippen molar-refractivity contribution in [3.8, 4) is 22.8 Å². The minimum Gasteiger partial charge on any atom is -0.459 e. The van der Waals surface area contributed by atoms with Gasteiger partial charge in [0, 0.05) is 5.69 Å². The molecule has 2 heterocycles. The first kappa shape index (κ1) is 17.1. The minimum atomic E-state index is -0.148. The highest BCUT2D eigenvalue weighted by molar-refractivity contribution is 7.99. The Balaban J connectivity index is 1.32. The van der Waals surface area contributed by atoms with E-state index >= 15 is 0 Å². The van der Waals surface area contributed by atoms with Crippen molar-refractivity contribution in [3.05, 3.63) is 73.0 Å². The summed E-state index contributed by atoms with van der Waals surface area (Å²) < 4.78 is 10.7. The smallest absolute Gasteiger partial charge is 0.284 e. The molecule has 0 bridgehead atoms. The van der Waals surface area contributed by atoms with E-state index in [9.17, 15) is 4.79 Å². The highest BCUT2D eigenvalue weighted by atomic mass is 32.2. The van der Waals surface area contributed by atoms with Crippen LogP contribution in [0.2, 0.25) is 0 Å². The third kappa shape index (κ3) is 4.27. The zero-order valence-electron chi connectivity index (χ0n) is 14.2. The Morgan fingerprint density at radius 2 is 1.70 bits per heavy atom. The van der Waals surface area contributed by atoms with Crippen molar-refractivity contribution in [1.29, 1.82) is 0 Å². The number of furan rings is 1. The van der Waals surface area contributed by atoms with Gasteiger partial charge in [-0.25, -0.2) is 0 Å². The van der Waals surface area contributed by atoms with Crippen LogP contribution < -0.4 is 5.32 Å². The van der Waals surface area contributed by atoms with Gasteiger partial charge in [0.15, 0.2) is 5.76 Å². The van der Waals surface area contributed by atoms with Crippen molar-refractivity contribution < 1.29 is 13.6 Å². The summed E-state index contributed by atoms with van der Waals surface area (Å²) in [5.74, 6) is 0.808. The third-order valence-electron chi connectivity index (χ3n) is 3.74. The summed E-state index contributed by atoms with van der Waals surface area (Å²) >= 11 is 1.17. The third-order valence-corrected chi connectivity index (χ3v) is 4.56. The van der Waals surface area contributed by atoms with Crippen LogP contribution in [0.4, 0.5) is 5.69 Å². The molecule has 2 aromatic heterocycles. The van der Waals surface area contributed by atoms with E-state index in [1.165, 1.54) is 18.0 Å². The number of aromatic nitrogens is 2. The molecule has 0 fully saturated rings. The molecule has 2 aromatic carbocycles. The molecule has 4 rings (SSSR count). The quantitative estimate of drug-likeness (QED) is 0.489. The number of hydrogen-bond donors (Lipinski definition) is 1. The van der Waals surface area contributed by atoms with E-state index in [0.717, 1.165) is 16.8 Å². The zero-order valence-corrected chi connectivity index (χ0v) is 15.0. The molecule has 0 saturated heterocycles. The molecule has 0 radical (unpaired) electrons. The Kier molecular flexibility index (Phi) is 5.02. The lowest BCUT2D eigenvalue weighted by molar-refractivity contribution is -0.113. The Morgan fingerprint density at radius 1 is 0.926 bits per heavy atom. The van der Waals surface area contributed by atoms with Crippen LogP contribution in [-0.2, 0) is 4.79 Å². The second-order valence-corrected chi connectivity index (χ2v) is 6.56. The fourth-order valence-electron chi connectivity index (χ4n) is 2.47. The van der Waals surface area contributed by atoms with Crippen LogP contribution in [0, 0.1) is 0 Å². The maximum absolute atomic E-state index is 12.1. The molecule has 7 heteroatoms. The average molecular weight is 377 g/mol. The second kappa shape index (κ2) is 7.92. The molecule has 0 unspecified atom stereocenters. The molecule has 134 valence electrons. The van der Waals surface area contributed by atoms with E-state index in [2.05, 4.69) is 15.5 Å². The predicted octanol–water partition coefficient (Wildman–Crippen LogP) is 4.73. The fraction of sp³-hybridized carbons (Fsp3) is 0.0500. The Bertz CT molecular complexity index is 1010. The van der Waals surface area contributed by atoms with E-state index in [1.54, 1.807) is 12.1 Å². The summed E-state index contributed by atoms with van der Waals surface area (Å²) in [6, 6.07) is 21.3. The predicted molar refractivity (Wildman–Crippen MR) is 103 cm³/mol. The lowest BCUT2D eigenvalue weighted by Crippen LogP contribution is -2.13. The lowest BCUT2D eigenvalue weighted by atomic mass is 10.1. The summed E-state index contributed by atoms with van der Waals surface area (Å²) in [5.41, 5.74) is 2.97. The molecule has 0 saturated carbocycles. The first-order valence-corrected chi connectivity index (χ1v) is 9.22. The molecular weight excluding hydrogens is 362 g/mol. The minimum absolute atomic E-state index is 0.148. The zero-order chi connectivity index (χ0) is 18.5. The number of carbonyl (C=O) groups excluding carboxylic acids is 1. The van der Waals surface area contributed by atoms with Crippen LogP contribution in [0.3, 0.4) is 0 Å². The van der Waals surface area contributed by atoms with Gasteiger partial charge in [0.05, 0.1) is 12.0 Å². The van der Waals surface area contributed by atoms with Crippen molar-refractivity contribution in [3.63, 3.8) is 0 Å². The average Bonchev–Trinajstić information content (AvgIpc) is 3.39. The van der Waals surface area contributed by atoms with Crippen LogP contribution in [0.25, 0.3) is 22.8 Å². The van der Waals surface area contributed by atoms with Crippen LogP contribution in [-0.4, -0.2) is 21.9 Å². The maximum atomic E-state index is 12.1. The Labute approximate surface area is 159 Å². The van der Waals surface area contributed by atoms with Gasteiger partial charge in [-0.1, -0.05) is 54.2 Å². The van der Waals surface area contributed by atoms with E-state index in [-0.39, 0.29) is 11.7 Å². The van der Waals surface area contributed by atoms with E-state index in [4.69, 9.17) is 8.83 Å². The number of anilines is 1. The summed E-state index contributed by atoms with van der Waals surface area (Å²) in [6.45, 7) is 0. The van der Waals surface area contributed by atoms with E-state index in [0.29, 0.717) is 16.9 Å². The molecule has 1 N–H and O–H groups in total. The van der Waals surface area contributed by atoms with Gasteiger partial charge in [0.1, 0.15) is 0 Å². The first-order chi connectivity index (χ1) is 13.3. The van der Waals surface area contributed by atoms with Crippen molar-refractivity contribution in [2.24, 2.45) is 0 Å². The number of thioether (sulfide) groups is 1. The molecule has 1 amide bonds. The second-order valence-electron chi connectivity index (χ2n) is 5.63. The number of nitrogens with zero attached hydrogens (tertiary/aromatic N) is 2. The number of nitrogens with one attached hydrogen (secondary N) is 1. The first-order valence-electron chi connectivity index (χ1n) is 8.23. The standard InChI is InChI=1S/C20H15N3O3S/c24-18(13-27-20-23-22-19(26-20)17-7-4-12-25-17)21-16-10-8-15(9-11-16)14-5-2-1-3-6-14/h1-12H,13H2,(H,21,24). The van der Waals surface area contributed by atoms with Crippen molar-refractivity contribution in [2.75, 3.05) is 11.1 Å². The van der Waals surface area contributed by atoms with Gasteiger partial charge in [-0.3, -0.25) is 4.79 Å². The largest absolute Gasteiger partial charge is 0.459 e. The summed E-state index contributed by atoms with van der Waals surface area (Å²) in [5, 5.41) is 11.0. The van der Waals surface area contributed by atoms with Gasteiger partial charge < -0.3 is 14.2 Å². The number of carbonyl (C=O) groups is 1. The van der Waals surface area contributed by atoms with Gasteiger partial charge in [-0.05, 0) is 35.4 Å². The van der Waals surface area contributed by atoms with Gasteiger partial charge >= 0.3 is 0 Å². The molecule has 0 aliphatic heterocycles. The summed E-state index contributed by atoms with van der Waals surface area (Å²) in [7, 11) is 0. The molecule has 0 atom stereocenters. The number of amides is 1. The molecule has 0 aliphatic rings. The van der Waals surface area contributed by atoms with Gasteiger partial charge in [0.2, 0.25) is 5.91 Å². The van der Waals surface area contributed by atoms with Gasteiger partial charge in [-0.15, -0.1) is 10.2 Å². The van der Waals surface area contributed by atoms with Crippen LogP contribution in [0.1, 0.15) is 0 Å². The molecule has 27 heavy (non-hydrogen) atoms. The number of benzene rings is 2. The lowest BCUT2D eigenvalue weighted by Gasteiger charge is -2.06. The van der Waals surface area contributed by atoms with Crippen LogP contribution in [0.15, 0.2) is 87.1 Å². The van der Waals surface area contributed by atoms with E-state index in [1.807, 2.05) is 54.6 Å². The normalized spacial score (nSPS) is 10.7. The van der Waals surface area contributed by atoms with E-state index < -0.39 is 0 Å². The topological polar surface area (TPSA) is 81.2 Å². The fourth-order valence-corrected chi connectivity index (χ4v) is 3.03. The summed E-state index contributed by atoms with van der Waals surface area (Å²) in [4.78, 5) is 12.1. The van der Waals surface area contributed by atoms with Crippen LogP contribution in [0.5, 0.6) is 0 Å². The van der Waals surface area contributed by atoms with Crippen LogP contribution >= 0.6 is 11.8 Å². The molecule has 0 spiro atoms. The van der Waals surface area contributed by atoms with Crippen molar-refractivity contribution in [2.45, 2.75) is 5.22 Å².